The first-order valence-electron chi connectivity index (χ1n) is 28.0. The van der Waals surface area contributed by atoms with E-state index < -0.39 is 0 Å². The molecule has 6 aromatic heterocycles. The highest BCUT2D eigenvalue weighted by Gasteiger charge is 2.29. The largest absolute Gasteiger partial charge is 0.451 e. The second kappa shape index (κ2) is 18.3. The van der Waals surface area contributed by atoms with Crippen molar-refractivity contribution in [3.8, 4) is 73.8 Å². The number of thiophene rings is 4. The molecule has 8 heterocycles. The Hall–Kier alpha value is -8.92. The van der Waals surface area contributed by atoms with Gasteiger partial charge < -0.3 is 18.3 Å². The fourth-order valence-electron chi connectivity index (χ4n) is 13.0. The summed E-state index contributed by atoms with van der Waals surface area (Å²) < 4.78 is 26.5. The van der Waals surface area contributed by atoms with Crippen LogP contribution in [0.5, 0.6) is 23.0 Å². The highest BCUT2D eigenvalue weighted by atomic mass is 35.5. The first-order valence-corrected chi connectivity index (χ1v) is 32.8. The molecule has 0 fully saturated rings. The first-order chi connectivity index (χ1) is 43.2. The van der Waals surface area contributed by atoms with E-state index >= 15 is 0 Å². The number of hydrogen-bond acceptors (Lipinski definition) is 12. The molecule has 0 unspecified atom stereocenters. The van der Waals surface area contributed by atoms with E-state index in [1.165, 1.54) is 35.7 Å². The smallest absolute Gasteiger partial charge is 0.175 e. The molecule has 0 bridgehead atoms. The van der Waals surface area contributed by atoms with Gasteiger partial charge in [-0.1, -0.05) is 131 Å². The monoisotopic (exact) mass is 1280 g/mol. The number of ether oxygens (including phenoxy) is 2. The van der Waals surface area contributed by atoms with Crippen LogP contribution in [0.25, 0.3) is 160 Å². The molecule has 0 saturated carbocycles. The summed E-state index contributed by atoms with van der Waals surface area (Å²) >= 11 is 35.8. The second-order valence-electron chi connectivity index (χ2n) is 22.0. The van der Waals surface area contributed by atoms with E-state index in [-0.39, 0.29) is 20.1 Å². The van der Waals surface area contributed by atoms with Crippen LogP contribution in [0, 0.1) is 0 Å². The molecule has 0 amide bonds. The summed E-state index contributed by atoms with van der Waals surface area (Å²) in [5.74, 6) is 1.84. The van der Waals surface area contributed by atoms with Gasteiger partial charge in [0.05, 0.1) is 0 Å². The van der Waals surface area contributed by atoms with Crippen LogP contribution in [0.15, 0.2) is 200 Å². The van der Waals surface area contributed by atoms with E-state index in [4.69, 9.17) is 84.7 Å². The molecule has 2 aliphatic rings. The average Bonchev–Trinajstić information content (AvgIpc) is 1.09. The molecule has 414 valence electrons. The molecule has 0 radical (unpaired) electrons. The number of rotatable bonds is 5. The van der Waals surface area contributed by atoms with Crippen LogP contribution in [-0.4, -0.2) is 9.97 Å². The van der Waals surface area contributed by atoms with Crippen molar-refractivity contribution in [1.82, 2.24) is 9.97 Å². The van der Waals surface area contributed by atoms with E-state index in [1.807, 2.05) is 42.5 Å². The molecule has 12 aromatic carbocycles. The summed E-state index contributed by atoms with van der Waals surface area (Å²) in [4.78, 5) is 28.5. The lowest BCUT2D eigenvalue weighted by atomic mass is 9.92. The molecular formula is C72H30Cl4N4O4S4. The van der Waals surface area contributed by atoms with Crippen molar-refractivity contribution >= 4 is 212 Å². The fourth-order valence-corrected chi connectivity index (χ4v) is 18.0. The molecule has 0 N–H and O–H groups in total. The van der Waals surface area contributed by atoms with E-state index in [2.05, 4.69) is 139 Å². The van der Waals surface area contributed by atoms with E-state index in [0.29, 0.717) is 89.5 Å². The molecule has 2 aliphatic heterocycles. The highest BCUT2D eigenvalue weighted by Crippen LogP contribution is 2.50. The van der Waals surface area contributed by atoms with Crippen LogP contribution in [0.3, 0.4) is 0 Å². The number of nitrogens with zero attached hydrogens (tertiary/aromatic N) is 4. The SMILES string of the molecule is Clc1c2c(c(Cl)c3c1=Nc1ccc(-c4ccc(-c5cccs5)s4)cc1O3)=Nc1ccc(-c3ccc(-c4ccc(-c5cc6ccc7cc8oc9c(Cl)c%10nc%11c(cc%12ccc%13cccc%14ccc%11c%12c%13%14)oc%10c(Cl)c9nc8c8ccc(c5)c6c78)s4)s3)cc1O2. The van der Waals surface area contributed by atoms with Crippen LogP contribution in [0.2, 0.25) is 20.1 Å². The van der Waals surface area contributed by atoms with Crippen molar-refractivity contribution in [2.45, 2.75) is 0 Å². The lowest BCUT2D eigenvalue weighted by Crippen LogP contribution is -2.22. The van der Waals surface area contributed by atoms with Crippen LogP contribution >= 0.6 is 91.8 Å². The van der Waals surface area contributed by atoms with E-state index in [1.54, 1.807) is 45.3 Å². The molecule has 88 heavy (non-hydrogen) atoms. The summed E-state index contributed by atoms with van der Waals surface area (Å²) in [5.41, 5.74) is 8.49. The number of aromatic nitrogens is 2. The second-order valence-corrected chi connectivity index (χ2v) is 27.7. The molecule has 0 saturated heterocycles. The third-order valence-electron chi connectivity index (χ3n) is 17.1. The quantitative estimate of drug-likeness (QED) is 0.126. The summed E-state index contributed by atoms with van der Waals surface area (Å²) in [6.07, 6.45) is 0. The van der Waals surface area contributed by atoms with Gasteiger partial charge in [-0.05, 0) is 167 Å². The maximum Gasteiger partial charge on any atom is 0.175 e. The normalized spacial score (nSPS) is 12.9. The Labute approximate surface area is 531 Å². The van der Waals surface area contributed by atoms with Gasteiger partial charge in [-0.2, -0.15) is 0 Å². The Morgan fingerprint density at radius 3 is 1.30 bits per heavy atom. The van der Waals surface area contributed by atoms with Crippen molar-refractivity contribution < 1.29 is 18.3 Å². The average molecular weight is 1290 g/mol. The highest BCUT2D eigenvalue weighted by molar-refractivity contribution is 7.25. The predicted octanol–water partition coefficient (Wildman–Crippen LogP) is 23.9. The van der Waals surface area contributed by atoms with Gasteiger partial charge in [-0.3, -0.25) is 0 Å². The van der Waals surface area contributed by atoms with Crippen molar-refractivity contribution in [2.75, 3.05) is 0 Å². The molecule has 18 aromatic rings. The van der Waals surface area contributed by atoms with Crippen LogP contribution in [0.1, 0.15) is 0 Å². The van der Waals surface area contributed by atoms with Crippen molar-refractivity contribution in [1.29, 1.82) is 0 Å². The lowest BCUT2D eigenvalue weighted by Gasteiger charge is -2.21. The maximum absolute atomic E-state index is 7.32. The van der Waals surface area contributed by atoms with Crippen molar-refractivity contribution in [3.05, 3.63) is 212 Å². The minimum absolute atomic E-state index is 0.277. The van der Waals surface area contributed by atoms with E-state index in [9.17, 15) is 0 Å². The zero-order valence-corrected chi connectivity index (χ0v) is 51.2. The Balaban J connectivity index is 0.604. The van der Waals surface area contributed by atoms with Gasteiger partial charge in [0.2, 0.25) is 0 Å². The predicted molar refractivity (Wildman–Crippen MR) is 366 cm³/mol. The molecule has 20 rings (SSSR count). The van der Waals surface area contributed by atoms with Gasteiger partial charge in [0.15, 0.2) is 45.3 Å². The van der Waals surface area contributed by atoms with Gasteiger partial charge in [0.25, 0.3) is 0 Å². The standard InChI is InChI=1S/C72H30Cl4N4O4S4/c73-59-66-70(60(74)65-69(59)81-44-27-33(12-16-42(44)77-65)48-18-21-52(86-48)51-5-2-24-85-51)82-45-28-34(13-17-43(45)78-66)49-19-22-53(87-49)54-23-20-50(88-54)39-25-35-8-9-38-30-47-64(41-15-11-36(26-39)56(35)58(38)41)80-68-62(76)71-67(61(75)72(68)84-47)79-63-40-14-10-32-4-1-3-31-6-7-37(29-46(63)83-71)57(40)55(31)32/h1-30H. The molecule has 0 spiro atoms. The zero-order chi connectivity index (χ0) is 57.9. The number of benzene rings is 12. The fraction of sp³-hybridized carbons (Fsp3) is 0. The Morgan fingerprint density at radius 2 is 0.784 bits per heavy atom. The zero-order valence-electron chi connectivity index (χ0n) is 44.9. The summed E-state index contributed by atoms with van der Waals surface area (Å²) in [7, 11) is 0. The number of halogens is 4. The maximum atomic E-state index is 7.32. The van der Waals surface area contributed by atoms with Gasteiger partial charge in [-0.25, -0.2) is 20.0 Å². The summed E-state index contributed by atoms with van der Waals surface area (Å²) in [6.45, 7) is 0. The Bertz CT molecular complexity index is 6310. The molecule has 0 atom stereocenters. The molecular weight excluding hydrogens is 1250 g/mol. The minimum atomic E-state index is 0.277. The van der Waals surface area contributed by atoms with Gasteiger partial charge in [-0.15, -0.1) is 45.3 Å². The molecule has 16 heteroatoms. The van der Waals surface area contributed by atoms with Crippen molar-refractivity contribution in [2.24, 2.45) is 9.98 Å². The van der Waals surface area contributed by atoms with Gasteiger partial charge in [0.1, 0.15) is 64.2 Å². The Morgan fingerprint density at radius 1 is 0.341 bits per heavy atom. The van der Waals surface area contributed by atoms with Gasteiger partial charge >= 0.3 is 0 Å². The topological polar surface area (TPSA) is 95.2 Å². The van der Waals surface area contributed by atoms with E-state index in [0.717, 1.165) is 79.8 Å². The van der Waals surface area contributed by atoms with Gasteiger partial charge in [0, 0.05) is 44.9 Å². The third-order valence-corrected chi connectivity index (χ3v) is 23.2. The van der Waals surface area contributed by atoms with Crippen LogP contribution in [0.4, 0.5) is 11.4 Å². The number of hydrogen-bond donors (Lipinski definition) is 0. The third kappa shape index (κ3) is 7.19. The molecule has 8 nitrogen and oxygen atoms in total. The van der Waals surface area contributed by atoms with Crippen LogP contribution in [-0.2, 0) is 0 Å². The first kappa shape index (κ1) is 50.1. The number of fused-ring (bicyclic) bond motifs is 10. The minimum Gasteiger partial charge on any atom is -0.451 e. The van der Waals surface area contributed by atoms with Crippen molar-refractivity contribution in [3.63, 3.8) is 0 Å². The van der Waals surface area contributed by atoms with Crippen LogP contribution < -0.4 is 20.2 Å². The lowest BCUT2D eigenvalue weighted by molar-refractivity contribution is 0.451. The summed E-state index contributed by atoms with van der Waals surface area (Å²) in [6, 6.07) is 61.4. The summed E-state index contributed by atoms with van der Waals surface area (Å²) in [5, 5.41) is 17.2. The Kier molecular flexibility index (Phi) is 10.4. The molecule has 0 aliphatic carbocycles.